The largest absolute Gasteiger partial charge is 0.314 e. The molecule has 0 aromatic rings. The van der Waals surface area contributed by atoms with Crippen LogP contribution in [0.3, 0.4) is 0 Å². The number of rotatable bonds is 4. The van der Waals surface area contributed by atoms with Crippen LogP contribution in [0.1, 0.15) is 33.6 Å². The Hall–Kier alpha value is -0.0800. The molecule has 10 heavy (non-hydrogen) atoms. The van der Waals surface area contributed by atoms with Gasteiger partial charge in [0.1, 0.15) is 0 Å². The van der Waals surface area contributed by atoms with Gasteiger partial charge in [-0.25, -0.2) is 0 Å². The molecule has 2 nitrogen and oxygen atoms in total. The van der Waals surface area contributed by atoms with Crippen molar-refractivity contribution in [2.45, 2.75) is 33.6 Å². The lowest BCUT2D eigenvalue weighted by molar-refractivity contribution is -0.0924. The smallest absolute Gasteiger partial charge is 0.0288 e. The average molecular weight is 145 g/mol. The van der Waals surface area contributed by atoms with E-state index in [2.05, 4.69) is 20.8 Å². The Bertz CT molecular complexity index is 87.3. The van der Waals surface area contributed by atoms with Crippen molar-refractivity contribution in [1.29, 1.82) is 0 Å². The Kier molecular flexibility index (Phi) is 3.91. The van der Waals surface area contributed by atoms with Gasteiger partial charge in [0.05, 0.1) is 0 Å². The zero-order chi connectivity index (χ0) is 8.20. The van der Waals surface area contributed by atoms with Crippen molar-refractivity contribution >= 4 is 0 Å². The van der Waals surface area contributed by atoms with E-state index in [1.54, 1.807) is 7.05 Å². The minimum Gasteiger partial charge on any atom is -0.314 e. The highest BCUT2D eigenvalue weighted by molar-refractivity contribution is 4.71. The summed E-state index contributed by atoms with van der Waals surface area (Å²) < 4.78 is 0. The predicted molar refractivity (Wildman–Crippen MR) is 43.1 cm³/mol. The SMILES string of the molecule is CCC(C)(CC)CN(C)O. The first-order valence-corrected chi connectivity index (χ1v) is 3.94. The first kappa shape index (κ1) is 9.92. The fourth-order valence-corrected chi connectivity index (χ4v) is 1.03. The molecule has 0 unspecified atom stereocenters. The highest BCUT2D eigenvalue weighted by Crippen LogP contribution is 2.25. The van der Waals surface area contributed by atoms with Crippen LogP contribution < -0.4 is 0 Å². The summed E-state index contributed by atoms with van der Waals surface area (Å²) in [6, 6.07) is 0. The maximum Gasteiger partial charge on any atom is 0.0288 e. The van der Waals surface area contributed by atoms with Crippen molar-refractivity contribution in [1.82, 2.24) is 5.06 Å². The van der Waals surface area contributed by atoms with Crippen molar-refractivity contribution < 1.29 is 5.21 Å². The van der Waals surface area contributed by atoms with Gasteiger partial charge >= 0.3 is 0 Å². The van der Waals surface area contributed by atoms with Crippen molar-refractivity contribution in [3.8, 4) is 0 Å². The quantitative estimate of drug-likeness (QED) is 0.613. The minimum absolute atomic E-state index is 0.281. The fourth-order valence-electron chi connectivity index (χ4n) is 1.03. The molecule has 0 rings (SSSR count). The number of hydrogen-bond donors (Lipinski definition) is 1. The van der Waals surface area contributed by atoms with Crippen LogP contribution in [0.5, 0.6) is 0 Å². The molecular formula is C8H19NO. The predicted octanol–water partition coefficient (Wildman–Crippen LogP) is 2.13. The first-order chi connectivity index (χ1) is 4.54. The van der Waals surface area contributed by atoms with E-state index in [4.69, 9.17) is 5.21 Å². The molecule has 1 N–H and O–H groups in total. The Balaban J connectivity index is 3.80. The zero-order valence-corrected chi connectivity index (χ0v) is 7.52. The normalized spacial score (nSPS) is 12.6. The van der Waals surface area contributed by atoms with Crippen LogP contribution in [-0.4, -0.2) is 23.9 Å². The maximum atomic E-state index is 8.98. The van der Waals surface area contributed by atoms with Gasteiger partial charge in [-0.1, -0.05) is 20.8 Å². The Labute approximate surface area is 63.8 Å². The van der Waals surface area contributed by atoms with Crippen LogP contribution in [0, 0.1) is 5.41 Å². The third-order valence-corrected chi connectivity index (χ3v) is 2.32. The van der Waals surface area contributed by atoms with E-state index >= 15 is 0 Å². The minimum atomic E-state index is 0.281. The van der Waals surface area contributed by atoms with Crippen molar-refractivity contribution in [3.63, 3.8) is 0 Å². The molecule has 0 aliphatic carbocycles. The molecule has 0 saturated carbocycles. The van der Waals surface area contributed by atoms with Gasteiger partial charge in [-0.3, -0.25) is 0 Å². The molecule has 0 aliphatic heterocycles. The maximum absolute atomic E-state index is 8.98. The molecular weight excluding hydrogens is 126 g/mol. The van der Waals surface area contributed by atoms with Crippen molar-refractivity contribution in [2.75, 3.05) is 13.6 Å². The van der Waals surface area contributed by atoms with Crippen molar-refractivity contribution in [3.05, 3.63) is 0 Å². The second-order valence-electron chi connectivity index (χ2n) is 3.33. The van der Waals surface area contributed by atoms with Crippen LogP contribution >= 0.6 is 0 Å². The highest BCUT2D eigenvalue weighted by Gasteiger charge is 2.20. The van der Waals surface area contributed by atoms with Crippen LogP contribution in [0.2, 0.25) is 0 Å². The van der Waals surface area contributed by atoms with E-state index in [-0.39, 0.29) is 5.41 Å². The van der Waals surface area contributed by atoms with E-state index in [1.807, 2.05) is 0 Å². The van der Waals surface area contributed by atoms with E-state index < -0.39 is 0 Å². The van der Waals surface area contributed by atoms with E-state index in [1.165, 1.54) is 5.06 Å². The summed E-state index contributed by atoms with van der Waals surface area (Å²) in [7, 11) is 1.70. The van der Waals surface area contributed by atoms with Gasteiger partial charge < -0.3 is 5.21 Å². The second kappa shape index (κ2) is 3.94. The summed E-state index contributed by atoms with van der Waals surface area (Å²) in [5.74, 6) is 0. The summed E-state index contributed by atoms with van der Waals surface area (Å²) in [4.78, 5) is 0. The van der Waals surface area contributed by atoms with Crippen LogP contribution in [0.4, 0.5) is 0 Å². The van der Waals surface area contributed by atoms with Crippen LogP contribution in [0.15, 0.2) is 0 Å². The van der Waals surface area contributed by atoms with Crippen LogP contribution in [0.25, 0.3) is 0 Å². The van der Waals surface area contributed by atoms with Gasteiger partial charge in [0.25, 0.3) is 0 Å². The summed E-state index contributed by atoms with van der Waals surface area (Å²) in [6.45, 7) is 7.28. The van der Waals surface area contributed by atoms with Crippen molar-refractivity contribution in [2.24, 2.45) is 5.41 Å². The third kappa shape index (κ3) is 3.18. The Morgan fingerprint density at radius 1 is 1.30 bits per heavy atom. The van der Waals surface area contributed by atoms with E-state index in [0.29, 0.717) is 0 Å². The van der Waals surface area contributed by atoms with Gasteiger partial charge in [-0.05, 0) is 18.3 Å². The molecule has 62 valence electrons. The Morgan fingerprint density at radius 2 is 1.70 bits per heavy atom. The zero-order valence-electron chi connectivity index (χ0n) is 7.52. The molecule has 0 radical (unpaired) electrons. The molecule has 0 aromatic carbocycles. The monoisotopic (exact) mass is 145 g/mol. The third-order valence-electron chi connectivity index (χ3n) is 2.32. The molecule has 0 heterocycles. The lowest BCUT2D eigenvalue weighted by Gasteiger charge is -2.28. The average Bonchev–Trinajstić information content (AvgIpc) is 1.87. The lowest BCUT2D eigenvalue weighted by Crippen LogP contribution is -2.30. The molecule has 0 saturated heterocycles. The highest BCUT2D eigenvalue weighted by atomic mass is 16.5. The van der Waals surface area contributed by atoms with Gasteiger partial charge in [-0.15, -0.1) is 0 Å². The standard InChI is InChI=1S/C8H19NO/c1-5-8(3,6-2)7-9(4)10/h10H,5-7H2,1-4H3. The Morgan fingerprint density at radius 3 is 1.80 bits per heavy atom. The second-order valence-corrected chi connectivity index (χ2v) is 3.33. The summed E-state index contributed by atoms with van der Waals surface area (Å²) >= 11 is 0. The van der Waals surface area contributed by atoms with Gasteiger partial charge in [0.2, 0.25) is 0 Å². The van der Waals surface area contributed by atoms with Gasteiger partial charge in [-0.2, -0.15) is 5.06 Å². The van der Waals surface area contributed by atoms with Gasteiger partial charge in [0, 0.05) is 13.6 Å². The molecule has 0 bridgehead atoms. The summed E-state index contributed by atoms with van der Waals surface area (Å²) in [5.41, 5.74) is 0.281. The lowest BCUT2D eigenvalue weighted by atomic mass is 9.85. The molecule has 2 heteroatoms. The summed E-state index contributed by atoms with van der Waals surface area (Å²) in [6.07, 6.45) is 2.24. The van der Waals surface area contributed by atoms with Crippen LogP contribution in [-0.2, 0) is 0 Å². The number of hydrogen-bond acceptors (Lipinski definition) is 2. The van der Waals surface area contributed by atoms with E-state index in [9.17, 15) is 0 Å². The van der Waals surface area contributed by atoms with Gasteiger partial charge in [0.15, 0.2) is 0 Å². The topological polar surface area (TPSA) is 23.5 Å². The molecule has 0 spiro atoms. The first-order valence-electron chi connectivity index (χ1n) is 3.94. The molecule has 0 atom stereocenters. The number of nitrogens with zero attached hydrogens (tertiary/aromatic N) is 1. The van der Waals surface area contributed by atoms with E-state index in [0.717, 1.165) is 19.4 Å². The molecule has 0 aliphatic rings. The molecule has 0 fully saturated rings. The fraction of sp³-hybridized carbons (Fsp3) is 1.00. The molecule has 0 amide bonds. The molecule has 0 aromatic heterocycles. The number of hydroxylamine groups is 2. The summed E-state index contributed by atoms with van der Waals surface area (Å²) in [5, 5.41) is 10.3.